The maximum absolute atomic E-state index is 13.2. The Morgan fingerprint density at radius 3 is 2.64 bits per heavy atom. The van der Waals surface area contributed by atoms with E-state index in [2.05, 4.69) is 20.4 Å². The van der Waals surface area contributed by atoms with E-state index in [-0.39, 0.29) is 5.91 Å². The second kappa shape index (κ2) is 8.03. The van der Waals surface area contributed by atoms with Gasteiger partial charge in [0.15, 0.2) is 0 Å². The lowest BCUT2D eigenvalue weighted by molar-refractivity contribution is 0.0626. The van der Waals surface area contributed by atoms with Gasteiger partial charge in [-0.25, -0.2) is 4.98 Å². The van der Waals surface area contributed by atoms with Crippen molar-refractivity contribution in [2.24, 2.45) is 0 Å². The average molecular weight is 417 g/mol. The Bertz CT molecular complexity index is 992. The van der Waals surface area contributed by atoms with Crippen molar-refractivity contribution in [2.45, 2.75) is 20.4 Å². The Morgan fingerprint density at radius 2 is 1.96 bits per heavy atom. The standard InChI is InChI=1S/C20H21ClN4O2S/c1-13-18(19(23-27-13)16-5-3-4-6-17(16)21)20(26)25-9-7-24(8-10-25)11-15-12-28-14(2)22-15/h3-6,12H,7-11H2,1-2H3. The first-order chi connectivity index (χ1) is 13.5. The van der Waals surface area contributed by atoms with Crippen molar-refractivity contribution in [3.8, 4) is 11.3 Å². The smallest absolute Gasteiger partial charge is 0.259 e. The molecule has 0 unspecified atom stereocenters. The maximum Gasteiger partial charge on any atom is 0.259 e. The summed E-state index contributed by atoms with van der Waals surface area (Å²) < 4.78 is 5.35. The molecule has 0 bridgehead atoms. The van der Waals surface area contributed by atoms with Crippen molar-refractivity contribution in [3.05, 3.63) is 56.7 Å². The molecule has 1 saturated heterocycles. The molecule has 0 N–H and O–H groups in total. The van der Waals surface area contributed by atoms with Gasteiger partial charge in [-0.15, -0.1) is 11.3 Å². The maximum atomic E-state index is 13.2. The highest BCUT2D eigenvalue weighted by Crippen LogP contribution is 2.32. The lowest BCUT2D eigenvalue weighted by Gasteiger charge is -2.34. The topological polar surface area (TPSA) is 62.5 Å². The number of halogens is 1. The van der Waals surface area contributed by atoms with Gasteiger partial charge in [0.25, 0.3) is 5.91 Å². The number of hydrogen-bond acceptors (Lipinski definition) is 6. The van der Waals surface area contributed by atoms with Crippen LogP contribution in [0.2, 0.25) is 5.02 Å². The normalized spacial score (nSPS) is 15.2. The highest BCUT2D eigenvalue weighted by atomic mass is 35.5. The molecule has 1 aliphatic rings. The largest absolute Gasteiger partial charge is 0.360 e. The van der Waals surface area contributed by atoms with Gasteiger partial charge in [0.05, 0.1) is 15.7 Å². The molecule has 28 heavy (non-hydrogen) atoms. The number of amides is 1. The van der Waals surface area contributed by atoms with Gasteiger partial charge in [-0.1, -0.05) is 35.0 Å². The van der Waals surface area contributed by atoms with E-state index in [1.54, 1.807) is 24.3 Å². The summed E-state index contributed by atoms with van der Waals surface area (Å²) in [7, 11) is 0. The van der Waals surface area contributed by atoms with Crippen LogP contribution in [-0.2, 0) is 6.54 Å². The van der Waals surface area contributed by atoms with E-state index in [1.165, 1.54) is 0 Å². The van der Waals surface area contributed by atoms with Crippen LogP contribution in [0.15, 0.2) is 34.2 Å². The summed E-state index contributed by atoms with van der Waals surface area (Å²) in [5.74, 6) is 0.457. The molecule has 1 aliphatic heterocycles. The van der Waals surface area contributed by atoms with Gasteiger partial charge in [-0.2, -0.15) is 0 Å². The highest BCUT2D eigenvalue weighted by molar-refractivity contribution is 7.09. The zero-order chi connectivity index (χ0) is 19.7. The van der Waals surface area contributed by atoms with E-state index < -0.39 is 0 Å². The summed E-state index contributed by atoms with van der Waals surface area (Å²) in [6, 6.07) is 7.36. The minimum Gasteiger partial charge on any atom is -0.360 e. The molecule has 0 saturated carbocycles. The van der Waals surface area contributed by atoms with Crippen molar-refractivity contribution in [1.82, 2.24) is 19.9 Å². The number of nitrogens with zero attached hydrogens (tertiary/aromatic N) is 4. The zero-order valence-electron chi connectivity index (χ0n) is 15.8. The summed E-state index contributed by atoms with van der Waals surface area (Å²) in [5, 5.41) is 7.84. The van der Waals surface area contributed by atoms with Gasteiger partial charge in [0, 0.05) is 43.7 Å². The molecule has 3 aromatic rings. The van der Waals surface area contributed by atoms with Crippen LogP contribution < -0.4 is 0 Å². The van der Waals surface area contributed by atoms with Crippen LogP contribution in [0.4, 0.5) is 0 Å². The molecule has 2 aromatic heterocycles. The summed E-state index contributed by atoms with van der Waals surface area (Å²) >= 11 is 7.98. The SMILES string of the molecule is Cc1nc(CN2CCN(C(=O)c3c(-c4ccccc4Cl)noc3C)CC2)cs1. The third kappa shape index (κ3) is 3.83. The summed E-state index contributed by atoms with van der Waals surface area (Å²) in [4.78, 5) is 21.9. The number of aryl methyl sites for hydroxylation is 2. The van der Waals surface area contributed by atoms with Crippen molar-refractivity contribution >= 4 is 28.8 Å². The number of rotatable bonds is 4. The molecule has 0 spiro atoms. The van der Waals surface area contributed by atoms with Gasteiger partial charge in [-0.05, 0) is 19.9 Å². The van der Waals surface area contributed by atoms with Crippen molar-refractivity contribution < 1.29 is 9.32 Å². The number of aromatic nitrogens is 2. The van der Waals surface area contributed by atoms with Gasteiger partial charge in [0.1, 0.15) is 17.0 Å². The van der Waals surface area contributed by atoms with Gasteiger partial charge in [0.2, 0.25) is 0 Å². The van der Waals surface area contributed by atoms with Crippen molar-refractivity contribution in [1.29, 1.82) is 0 Å². The van der Waals surface area contributed by atoms with Crippen molar-refractivity contribution in [3.63, 3.8) is 0 Å². The fraction of sp³-hybridized carbons (Fsp3) is 0.350. The van der Waals surface area contributed by atoms with Crippen LogP contribution in [0.25, 0.3) is 11.3 Å². The first kappa shape index (κ1) is 19.1. The second-order valence-corrected chi connectivity index (χ2v) is 8.34. The van der Waals surface area contributed by atoms with E-state index in [4.69, 9.17) is 16.1 Å². The second-order valence-electron chi connectivity index (χ2n) is 6.87. The molecule has 1 aromatic carbocycles. The van der Waals surface area contributed by atoms with Crippen LogP contribution in [-0.4, -0.2) is 52.0 Å². The predicted molar refractivity (Wildman–Crippen MR) is 110 cm³/mol. The van der Waals surface area contributed by atoms with Crippen LogP contribution in [0, 0.1) is 13.8 Å². The Kier molecular flexibility index (Phi) is 5.48. The Balaban J connectivity index is 1.48. The molecule has 0 aliphatic carbocycles. The fourth-order valence-electron chi connectivity index (χ4n) is 3.44. The number of benzene rings is 1. The monoisotopic (exact) mass is 416 g/mol. The molecule has 4 rings (SSSR count). The quantitative estimate of drug-likeness (QED) is 0.642. The van der Waals surface area contributed by atoms with Gasteiger partial charge < -0.3 is 9.42 Å². The van der Waals surface area contributed by atoms with Gasteiger partial charge >= 0.3 is 0 Å². The van der Waals surface area contributed by atoms with Crippen molar-refractivity contribution in [2.75, 3.05) is 26.2 Å². The minimum atomic E-state index is -0.0576. The lowest BCUT2D eigenvalue weighted by atomic mass is 10.0. The van der Waals surface area contributed by atoms with E-state index >= 15 is 0 Å². The number of hydrogen-bond donors (Lipinski definition) is 0. The first-order valence-electron chi connectivity index (χ1n) is 9.16. The summed E-state index contributed by atoms with van der Waals surface area (Å²) in [6.07, 6.45) is 0. The molecule has 1 fully saturated rings. The zero-order valence-corrected chi connectivity index (χ0v) is 17.4. The van der Waals surface area contributed by atoms with Crippen LogP contribution in [0.3, 0.4) is 0 Å². The Hall–Kier alpha value is -2.22. The highest BCUT2D eigenvalue weighted by Gasteiger charge is 2.29. The molecule has 0 radical (unpaired) electrons. The first-order valence-corrected chi connectivity index (χ1v) is 10.4. The number of carbonyl (C=O) groups is 1. The van der Waals surface area contributed by atoms with E-state index in [9.17, 15) is 4.79 Å². The predicted octanol–water partition coefficient (Wildman–Crippen LogP) is 4.03. The molecule has 8 heteroatoms. The molecule has 3 heterocycles. The third-order valence-corrected chi connectivity index (χ3v) is 6.07. The summed E-state index contributed by atoms with van der Waals surface area (Å²) in [6.45, 7) is 7.55. The lowest BCUT2D eigenvalue weighted by Crippen LogP contribution is -2.48. The van der Waals surface area contributed by atoms with E-state index in [0.29, 0.717) is 40.7 Å². The molecule has 1 amide bonds. The van der Waals surface area contributed by atoms with Crippen LogP contribution >= 0.6 is 22.9 Å². The molecule has 0 atom stereocenters. The van der Waals surface area contributed by atoms with Crippen LogP contribution in [0.1, 0.15) is 26.8 Å². The number of carbonyl (C=O) groups excluding carboxylic acids is 1. The average Bonchev–Trinajstić information content (AvgIpc) is 3.27. The molecule has 6 nitrogen and oxygen atoms in total. The third-order valence-electron chi connectivity index (χ3n) is 4.92. The Labute approximate surface area is 172 Å². The minimum absolute atomic E-state index is 0.0576. The van der Waals surface area contributed by atoms with Crippen LogP contribution in [0.5, 0.6) is 0 Å². The Morgan fingerprint density at radius 1 is 1.21 bits per heavy atom. The number of piperazine rings is 1. The van der Waals surface area contributed by atoms with Gasteiger partial charge in [-0.3, -0.25) is 9.69 Å². The molecular weight excluding hydrogens is 396 g/mol. The molecular formula is C20H21ClN4O2S. The summed E-state index contributed by atoms with van der Waals surface area (Å²) in [5.41, 5.74) is 2.81. The number of thiazole rings is 1. The fourth-order valence-corrected chi connectivity index (χ4v) is 4.27. The molecule has 146 valence electrons. The van der Waals surface area contributed by atoms with E-state index in [1.807, 2.05) is 30.0 Å². The van der Waals surface area contributed by atoms with E-state index in [0.717, 1.165) is 30.3 Å².